The van der Waals surface area contributed by atoms with Crippen molar-refractivity contribution in [2.75, 3.05) is 0 Å². The van der Waals surface area contributed by atoms with E-state index in [1.165, 1.54) is 21.9 Å². The van der Waals surface area contributed by atoms with Gasteiger partial charge in [-0.15, -0.1) is 0 Å². The van der Waals surface area contributed by atoms with Gasteiger partial charge in [-0.05, 0) is 52.9 Å². The molecule has 0 fully saturated rings. The van der Waals surface area contributed by atoms with Crippen LogP contribution in [0.15, 0.2) is 65.6 Å². The number of amides is 1. The highest BCUT2D eigenvalue weighted by Gasteiger charge is 2.17. The molecular weight excluding hydrogens is 376 g/mol. The molecular formula is C21H17BrN2O. The van der Waals surface area contributed by atoms with E-state index in [4.69, 9.17) is 0 Å². The van der Waals surface area contributed by atoms with Crippen LogP contribution in [0.2, 0.25) is 0 Å². The number of hydrazine groups is 1. The van der Waals surface area contributed by atoms with Gasteiger partial charge >= 0.3 is 0 Å². The third kappa shape index (κ3) is 2.94. The molecule has 2 N–H and O–H groups in total. The lowest BCUT2D eigenvalue weighted by Crippen LogP contribution is -2.35. The van der Waals surface area contributed by atoms with Crippen LogP contribution in [0.5, 0.6) is 0 Å². The normalized spacial score (nSPS) is 12.2. The third-order valence-electron chi connectivity index (χ3n) is 4.62. The number of rotatable bonds is 4. The molecule has 0 saturated carbocycles. The zero-order valence-corrected chi connectivity index (χ0v) is 15.2. The summed E-state index contributed by atoms with van der Waals surface area (Å²) in [7, 11) is 0. The van der Waals surface area contributed by atoms with Crippen molar-refractivity contribution in [2.24, 2.45) is 0 Å². The Hall–Kier alpha value is -2.59. The molecule has 1 aliphatic rings. The Labute approximate surface area is 154 Å². The molecule has 3 aromatic carbocycles. The first kappa shape index (κ1) is 15.9. The Morgan fingerprint density at radius 1 is 0.960 bits per heavy atom. The van der Waals surface area contributed by atoms with Crippen LogP contribution in [-0.2, 0) is 12.8 Å². The van der Waals surface area contributed by atoms with Crippen LogP contribution in [0, 0.1) is 0 Å². The Bertz CT molecular complexity index is 1000. The van der Waals surface area contributed by atoms with E-state index >= 15 is 0 Å². The van der Waals surface area contributed by atoms with Gasteiger partial charge in [-0.2, -0.15) is 0 Å². The van der Waals surface area contributed by atoms with Crippen molar-refractivity contribution in [1.29, 1.82) is 0 Å². The number of hydrogen-bond donors (Lipinski definition) is 2. The van der Waals surface area contributed by atoms with Crippen LogP contribution in [0.4, 0.5) is 0 Å². The molecule has 0 aliphatic heterocycles. The highest BCUT2D eigenvalue weighted by Crippen LogP contribution is 2.34. The molecule has 25 heavy (non-hydrogen) atoms. The van der Waals surface area contributed by atoms with E-state index < -0.39 is 0 Å². The van der Waals surface area contributed by atoms with E-state index in [1.807, 2.05) is 12.1 Å². The van der Waals surface area contributed by atoms with Gasteiger partial charge in [0.1, 0.15) is 0 Å². The topological polar surface area (TPSA) is 41.1 Å². The second-order valence-corrected chi connectivity index (χ2v) is 7.10. The average molecular weight is 393 g/mol. The molecule has 1 amide bonds. The minimum absolute atomic E-state index is 0.201. The van der Waals surface area contributed by atoms with Crippen molar-refractivity contribution in [3.8, 4) is 0 Å². The van der Waals surface area contributed by atoms with Crippen LogP contribution in [0.3, 0.4) is 0 Å². The molecule has 4 heteroatoms. The lowest BCUT2D eigenvalue weighted by molar-refractivity contribution is 0.0942. The van der Waals surface area contributed by atoms with Gasteiger partial charge in [0, 0.05) is 15.6 Å². The van der Waals surface area contributed by atoms with Gasteiger partial charge in [-0.1, -0.05) is 58.9 Å². The summed E-state index contributed by atoms with van der Waals surface area (Å²) in [6.07, 6.45) is 2.19. The summed E-state index contributed by atoms with van der Waals surface area (Å²) in [6.45, 7) is 4.10. The minimum atomic E-state index is -0.201. The summed E-state index contributed by atoms with van der Waals surface area (Å²) in [5, 5.41) is 2.52. The highest BCUT2D eigenvalue weighted by atomic mass is 79.9. The van der Waals surface area contributed by atoms with Gasteiger partial charge in [0.05, 0.1) is 5.70 Å². The quantitative estimate of drug-likeness (QED) is 0.636. The smallest absolute Gasteiger partial charge is 0.269 e. The Morgan fingerprint density at radius 3 is 2.52 bits per heavy atom. The molecule has 0 unspecified atom stereocenters. The lowest BCUT2D eigenvalue weighted by atomic mass is 9.98. The second kappa shape index (κ2) is 6.37. The SMILES string of the molecule is C=C(NNC(=O)c1cccc(Br)c1)c1ccc2c3c(cccc13)CC2. The van der Waals surface area contributed by atoms with Gasteiger partial charge in [0.15, 0.2) is 0 Å². The highest BCUT2D eigenvalue weighted by molar-refractivity contribution is 9.10. The van der Waals surface area contributed by atoms with Gasteiger partial charge in [0.25, 0.3) is 5.91 Å². The zero-order valence-electron chi connectivity index (χ0n) is 13.6. The fourth-order valence-electron chi connectivity index (χ4n) is 3.41. The monoisotopic (exact) mass is 392 g/mol. The van der Waals surface area contributed by atoms with E-state index in [9.17, 15) is 4.79 Å². The second-order valence-electron chi connectivity index (χ2n) is 6.18. The molecule has 0 heterocycles. The van der Waals surface area contributed by atoms with E-state index in [2.05, 4.69) is 63.7 Å². The van der Waals surface area contributed by atoms with Crippen LogP contribution in [-0.4, -0.2) is 5.91 Å². The largest absolute Gasteiger partial charge is 0.298 e. The molecule has 0 aromatic heterocycles. The Kier molecular flexibility index (Phi) is 4.06. The average Bonchev–Trinajstić information content (AvgIpc) is 3.05. The first-order valence-electron chi connectivity index (χ1n) is 8.18. The van der Waals surface area contributed by atoms with E-state index in [0.717, 1.165) is 22.9 Å². The number of nitrogens with one attached hydrogen (secondary N) is 2. The number of halogens is 1. The van der Waals surface area contributed by atoms with Crippen molar-refractivity contribution in [3.05, 3.63) is 87.9 Å². The summed E-state index contributed by atoms with van der Waals surface area (Å²) >= 11 is 3.38. The Morgan fingerprint density at radius 2 is 1.72 bits per heavy atom. The molecule has 0 bridgehead atoms. The maximum absolute atomic E-state index is 12.3. The molecule has 4 rings (SSSR count). The van der Waals surface area contributed by atoms with Gasteiger partial charge in [0.2, 0.25) is 0 Å². The van der Waals surface area contributed by atoms with Crippen LogP contribution in [0.25, 0.3) is 16.5 Å². The standard InChI is InChI=1S/C21H17BrN2O/c1-13(23-24-21(25)16-5-2-6-17(22)12-16)18-11-10-15-9-8-14-4-3-7-19(18)20(14)15/h2-7,10-12,23H,1,8-9H2,(H,24,25). The first-order chi connectivity index (χ1) is 12.1. The number of carbonyl (C=O) groups excluding carboxylic acids is 1. The summed E-state index contributed by atoms with van der Waals surface area (Å²) < 4.78 is 0.867. The van der Waals surface area contributed by atoms with Crippen molar-refractivity contribution in [3.63, 3.8) is 0 Å². The van der Waals surface area contributed by atoms with Gasteiger partial charge in [-0.25, -0.2) is 0 Å². The molecule has 1 aliphatic carbocycles. The number of aryl methyl sites for hydroxylation is 2. The van der Waals surface area contributed by atoms with Crippen molar-refractivity contribution < 1.29 is 4.79 Å². The first-order valence-corrected chi connectivity index (χ1v) is 8.97. The fraction of sp³-hybridized carbons (Fsp3) is 0.0952. The summed E-state index contributed by atoms with van der Waals surface area (Å²) in [5.74, 6) is -0.201. The van der Waals surface area contributed by atoms with Gasteiger partial charge in [-0.3, -0.25) is 15.6 Å². The summed E-state index contributed by atoms with van der Waals surface area (Å²) in [5.41, 5.74) is 10.7. The van der Waals surface area contributed by atoms with Gasteiger partial charge < -0.3 is 0 Å². The van der Waals surface area contributed by atoms with E-state index in [0.29, 0.717) is 11.3 Å². The summed E-state index contributed by atoms with van der Waals surface area (Å²) in [4.78, 5) is 12.3. The van der Waals surface area contributed by atoms with Crippen molar-refractivity contribution in [2.45, 2.75) is 12.8 Å². The fourth-order valence-corrected chi connectivity index (χ4v) is 3.81. The van der Waals surface area contributed by atoms with E-state index in [1.54, 1.807) is 12.1 Å². The molecule has 0 atom stereocenters. The molecule has 0 spiro atoms. The van der Waals surface area contributed by atoms with Crippen LogP contribution < -0.4 is 10.9 Å². The number of carbonyl (C=O) groups is 1. The van der Waals surface area contributed by atoms with Crippen LogP contribution >= 0.6 is 15.9 Å². The van der Waals surface area contributed by atoms with Crippen molar-refractivity contribution >= 4 is 38.3 Å². The van der Waals surface area contributed by atoms with Crippen molar-refractivity contribution in [1.82, 2.24) is 10.9 Å². The Balaban J connectivity index is 1.56. The number of hydrogen-bond acceptors (Lipinski definition) is 2. The zero-order chi connectivity index (χ0) is 17.4. The molecule has 0 saturated heterocycles. The summed E-state index contributed by atoms with van der Waals surface area (Å²) in [6, 6.07) is 17.9. The third-order valence-corrected chi connectivity index (χ3v) is 5.11. The molecule has 124 valence electrons. The predicted molar refractivity (Wildman–Crippen MR) is 105 cm³/mol. The predicted octanol–water partition coefficient (Wildman–Crippen LogP) is 4.61. The van der Waals surface area contributed by atoms with Crippen LogP contribution in [0.1, 0.15) is 27.0 Å². The molecule has 0 radical (unpaired) electrons. The maximum Gasteiger partial charge on any atom is 0.269 e. The minimum Gasteiger partial charge on any atom is -0.298 e. The van der Waals surface area contributed by atoms with E-state index in [-0.39, 0.29) is 5.91 Å². The molecule has 3 aromatic rings. The number of benzene rings is 3. The molecule has 3 nitrogen and oxygen atoms in total. The lowest BCUT2D eigenvalue weighted by Gasteiger charge is -2.14. The maximum atomic E-state index is 12.3.